The lowest BCUT2D eigenvalue weighted by molar-refractivity contribution is -0.130. The molecule has 8 heteroatoms. The highest BCUT2D eigenvalue weighted by Crippen LogP contribution is 2.31. The number of fused-ring (bicyclic) bond motifs is 1. The molecule has 0 aromatic heterocycles. The molecular weight excluding hydrogens is 342 g/mol. The Morgan fingerprint density at radius 3 is 2.80 bits per heavy atom. The monoisotopic (exact) mass is 361 g/mol. The highest BCUT2D eigenvalue weighted by molar-refractivity contribution is 7.92. The van der Waals surface area contributed by atoms with Crippen LogP contribution in [0, 0.1) is 5.92 Å². The Bertz CT molecular complexity index is 886. The molecule has 0 saturated carbocycles. The first kappa shape index (κ1) is 17.3. The zero-order valence-electron chi connectivity index (χ0n) is 13.9. The summed E-state index contributed by atoms with van der Waals surface area (Å²) in [5.41, 5.74) is 0.304. The Labute approximate surface area is 146 Å². The Balaban J connectivity index is 1.93. The lowest BCUT2D eigenvalue weighted by Gasteiger charge is -2.30. The van der Waals surface area contributed by atoms with Crippen LogP contribution in [-0.2, 0) is 19.5 Å². The Kier molecular flexibility index (Phi) is 4.47. The van der Waals surface area contributed by atoms with Crippen molar-refractivity contribution >= 4 is 27.6 Å². The van der Waals surface area contributed by atoms with E-state index in [0.29, 0.717) is 24.9 Å². The fraction of sp³-hybridized carbons (Fsp3) is 0.353. The first-order chi connectivity index (χ1) is 11.9. The van der Waals surface area contributed by atoms with E-state index in [9.17, 15) is 18.6 Å². The molecule has 0 bridgehead atoms. The van der Waals surface area contributed by atoms with E-state index in [0.717, 1.165) is 4.31 Å². The molecule has 1 saturated heterocycles. The summed E-state index contributed by atoms with van der Waals surface area (Å²) in [6.45, 7) is 4.24. The predicted octanol–water partition coefficient (Wildman–Crippen LogP) is 1.47. The van der Waals surface area contributed by atoms with Crippen LogP contribution in [0.5, 0.6) is 0 Å². The molecule has 0 N–H and O–H groups in total. The van der Waals surface area contributed by atoms with Crippen LogP contribution >= 0.6 is 0 Å². The van der Waals surface area contributed by atoms with E-state index in [1.165, 1.54) is 13.1 Å². The van der Waals surface area contributed by atoms with Gasteiger partial charge in [0.25, 0.3) is 11.8 Å². The molecule has 25 heavy (non-hydrogen) atoms. The van der Waals surface area contributed by atoms with Gasteiger partial charge >= 0.3 is 0 Å². The van der Waals surface area contributed by atoms with Gasteiger partial charge in [-0.15, -0.1) is 4.36 Å². The Morgan fingerprint density at radius 2 is 2.08 bits per heavy atom. The summed E-state index contributed by atoms with van der Waals surface area (Å²) in [6, 6.07) is 6.48. The van der Waals surface area contributed by atoms with Crippen molar-refractivity contribution in [3.63, 3.8) is 0 Å². The van der Waals surface area contributed by atoms with Crippen LogP contribution in [0.25, 0.3) is 0 Å². The molecule has 0 radical (unpaired) electrons. The van der Waals surface area contributed by atoms with Crippen LogP contribution < -0.4 is 0 Å². The predicted molar refractivity (Wildman–Crippen MR) is 91.9 cm³/mol. The summed E-state index contributed by atoms with van der Waals surface area (Å²) in [4.78, 5) is 38.5. The summed E-state index contributed by atoms with van der Waals surface area (Å²) in [5, 5.41) is 0. The van der Waals surface area contributed by atoms with Gasteiger partial charge < -0.3 is 4.90 Å². The molecule has 2 heterocycles. The molecule has 0 spiro atoms. The topological polar surface area (TPSA) is 87.1 Å². The second-order valence-electron chi connectivity index (χ2n) is 6.05. The van der Waals surface area contributed by atoms with E-state index in [1.54, 1.807) is 29.2 Å². The standard InChI is InChI=1S/C17H19N3O4S/c1-3-15(21)20-10-6-7-12(11-20)16(22)18-25(24)14-9-5-4-8-13(14)17(23)19(25)2/h3-5,8-9,12H,1,6-7,10-11H2,2H3. The third kappa shape index (κ3) is 2.86. The molecule has 2 aliphatic rings. The number of carbonyl (C=O) groups is 3. The average Bonchev–Trinajstić information content (AvgIpc) is 2.83. The van der Waals surface area contributed by atoms with Crippen LogP contribution in [0.15, 0.2) is 46.2 Å². The number of rotatable bonds is 2. The van der Waals surface area contributed by atoms with Gasteiger partial charge in [0.1, 0.15) is 0 Å². The second kappa shape index (κ2) is 6.44. The molecule has 2 atom stereocenters. The van der Waals surface area contributed by atoms with Gasteiger partial charge in [0, 0.05) is 20.1 Å². The van der Waals surface area contributed by atoms with Gasteiger partial charge in [-0.2, -0.15) is 0 Å². The number of amides is 3. The molecule has 2 unspecified atom stereocenters. The minimum absolute atomic E-state index is 0.224. The molecule has 1 aromatic rings. The highest BCUT2D eigenvalue weighted by Gasteiger charge is 2.38. The lowest BCUT2D eigenvalue weighted by Crippen LogP contribution is -2.41. The van der Waals surface area contributed by atoms with Crippen molar-refractivity contribution in [2.24, 2.45) is 10.3 Å². The molecule has 3 rings (SSSR count). The van der Waals surface area contributed by atoms with Crippen molar-refractivity contribution in [2.75, 3.05) is 20.1 Å². The highest BCUT2D eigenvalue weighted by atomic mass is 32.2. The first-order valence-corrected chi connectivity index (χ1v) is 9.45. The van der Waals surface area contributed by atoms with Crippen LogP contribution in [-0.4, -0.2) is 51.3 Å². The maximum Gasteiger partial charge on any atom is 0.267 e. The number of piperidine rings is 1. The largest absolute Gasteiger partial charge is 0.338 e. The van der Waals surface area contributed by atoms with Gasteiger partial charge in [0.2, 0.25) is 5.91 Å². The number of likely N-dealkylation sites (tertiary alicyclic amines) is 1. The summed E-state index contributed by atoms with van der Waals surface area (Å²) < 4.78 is 18.3. The van der Waals surface area contributed by atoms with Crippen LogP contribution in [0.2, 0.25) is 0 Å². The number of hydrogen-bond donors (Lipinski definition) is 0. The molecule has 7 nitrogen and oxygen atoms in total. The number of carbonyl (C=O) groups excluding carboxylic acids is 3. The van der Waals surface area contributed by atoms with Gasteiger partial charge in [0.05, 0.1) is 16.4 Å². The molecule has 0 aliphatic carbocycles. The van der Waals surface area contributed by atoms with Crippen molar-refractivity contribution < 1.29 is 18.6 Å². The Hall–Kier alpha value is -2.48. The molecule has 132 valence electrons. The van der Waals surface area contributed by atoms with Gasteiger partial charge in [-0.1, -0.05) is 18.7 Å². The molecule has 1 fully saturated rings. The summed E-state index contributed by atoms with van der Waals surface area (Å²) >= 11 is 0. The van der Waals surface area contributed by atoms with Crippen molar-refractivity contribution in [2.45, 2.75) is 17.7 Å². The third-order valence-electron chi connectivity index (χ3n) is 4.53. The van der Waals surface area contributed by atoms with Crippen LogP contribution in [0.1, 0.15) is 23.2 Å². The fourth-order valence-electron chi connectivity index (χ4n) is 3.12. The minimum atomic E-state index is -3.30. The lowest BCUT2D eigenvalue weighted by atomic mass is 9.97. The number of nitrogens with zero attached hydrogens (tertiary/aromatic N) is 3. The quantitative estimate of drug-likeness (QED) is 0.746. The van der Waals surface area contributed by atoms with E-state index < -0.39 is 27.6 Å². The maximum atomic E-state index is 13.3. The van der Waals surface area contributed by atoms with Crippen molar-refractivity contribution in [3.05, 3.63) is 42.5 Å². The third-order valence-corrected chi connectivity index (χ3v) is 6.80. The molecule has 2 aliphatic heterocycles. The van der Waals surface area contributed by atoms with Crippen LogP contribution in [0.4, 0.5) is 0 Å². The maximum absolute atomic E-state index is 13.3. The van der Waals surface area contributed by atoms with E-state index in [1.807, 2.05) is 0 Å². The number of hydrogen-bond acceptors (Lipinski definition) is 4. The van der Waals surface area contributed by atoms with E-state index in [4.69, 9.17) is 0 Å². The van der Waals surface area contributed by atoms with Gasteiger partial charge in [-0.25, -0.2) is 8.51 Å². The fourth-order valence-corrected chi connectivity index (χ4v) is 5.05. The second-order valence-corrected chi connectivity index (χ2v) is 8.22. The average molecular weight is 361 g/mol. The van der Waals surface area contributed by atoms with E-state index >= 15 is 0 Å². The summed E-state index contributed by atoms with van der Waals surface area (Å²) in [5.74, 6) is -1.71. The van der Waals surface area contributed by atoms with Crippen molar-refractivity contribution in [1.82, 2.24) is 9.21 Å². The zero-order valence-corrected chi connectivity index (χ0v) is 14.7. The van der Waals surface area contributed by atoms with Crippen LogP contribution in [0.3, 0.4) is 0 Å². The summed E-state index contributed by atoms with van der Waals surface area (Å²) in [6.07, 6.45) is 2.44. The molecule has 1 aromatic carbocycles. The molecule has 3 amide bonds. The van der Waals surface area contributed by atoms with Gasteiger partial charge in [-0.05, 0) is 31.1 Å². The SMILES string of the molecule is C=CC(=O)N1CCCC(C(=O)N=S2(=O)c3ccccc3C(=O)N2C)C1. The zero-order chi connectivity index (χ0) is 18.2. The van der Waals surface area contributed by atoms with E-state index in [-0.39, 0.29) is 17.3 Å². The van der Waals surface area contributed by atoms with Crippen molar-refractivity contribution in [3.8, 4) is 0 Å². The van der Waals surface area contributed by atoms with Gasteiger partial charge in [-0.3, -0.25) is 14.4 Å². The Morgan fingerprint density at radius 1 is 1.36 bits per heavy atom. The van der Waals surface area contributed by atoms with E-state index in [2.05, 4.69) is 10.9 Å². The number of benzene rings is 1. The smallest absolute Gasteiger partial charge is 0.267 e. The molecular formula is C17H19N3O4S. The first-order valence-electron chi connectivity index (χ1n) is 7.98. The minimum Gasteiger partial charge on any atom is -0.338 e. The van der Waals surface area contributed by atoms with Crippen molar-refractivity contribution in [1.29, 1.82) is 0 Å². The normalized spacial score (nSPS) is 25.5. The summed E-state index contributed by atoms with van der Waals surface area (Å²) in [7, 11) is -1.91. The van der Waals surface area contributed by atoms with Gasteiger partial charge in [0.15, 0.2) is 9.92 Å².